The van der Waals surface area contributed by atoms with Gasteiger partial charge in [0, 0.05) is 17.1 Å². The van der Waals surface area contributed by atoms with Gasteiger partial charge in [-0.15, -0.1) is 0 Å². The summed E-state index contributed by atoms with van der Waals surface area (Å²) >= 11 is 0. The number of halogens is 1. The summed E-state index contributed by atoms with van der Waals surface area (Å²) in [6.45, 7) is 3.35. The van der Waals surface area contributed by atoms with Crippen molar-refractivity contribution in [2.75, 3.05) is 17.1 Å². The number of anilines is 2. The third kappa shape index (κ3) is 4.17. The first-order chi connectivity index (χ1) is 17.1. The number of rotatable bonds is 5. The van der Waals surface area contributed by atoms with Gasteiger partial charge in [0.15, 0.2) is 11.4 Å². The molecule has 0 saturated carbocycles. The second-order valence-electron chi connectivity index (χ2n) is 8.64. The molecule has 0 aliphatic carbocycles. The highest BCUT2D eigenvalue weighted by Gasteiger charge is 2.36. The Labute approximate surface area is 206 Å². The van der Waals surface area contributed by atoms with Gasteiger partial charge in [0.2, 0.25) is 5.88 Å². The Morgan fingerprint density at radius 2 is 1.78 bits per heavy atom. The molecule has 2 N–H and O–H groups in total. The molecule has 2 aromatic carbocycles. The first-order valence-electron chi connectivity index (χ1n) is 10.8. The van der Waals surface area contributed by atoms with Gasteiger partial charge < -0.3 is 14.8 Å². The van der Waals surface area contributed by atoms with Gasteiger partial charge >= 0.3 is 0 Å². The third-order valence-electron chi connectivity index (χ3n) is 5.72. The first-order valence-corrected chi connectivity index (χ1v) is 12.3. The zero-order chi connectivity index (χ0) is 25.7. The number of methoxy groups -OCH3 is 1. The Balaban J connectivity index is 1.57. The molecule has 9 nitrogen and oxygen atoms in total. The van der Waals surface area contributed by atoms with Crippen molar-refractivity contribution in [1.82, 2.24) is 9.97 Å². The molecule has 184 valence electrons. The van der Waals surface area contributed by atoms with Gasteiger partial charge in [0.25, 0.3) is 15.9 Å². The van der Waals surface area contributed by atoms with Crippen LogP contribution in [-0.2, 0) is 14.8 Å². The van der Waals surface area contributed by atoms with Gasteiger partial charge in [0.05, 0.1) is 23.7 Å². The topological polar surface area (TPSA) is 120 Å². The maximum atomic E-state index is 13.3. The predicted molar refractivity (Wildman–Crippen MR) is 132 cm³/mol. The lowest BCUT2D eigenvalue weighted by molar-refractivity contribution is -0.129. The summed E-state index contributed by atoms with van der Waals surface area (Å²) in [5.41, 5.74) is 1.45. The summed E-state index contributed by atoms with van der Waals surface area (Å²) in [5.74, 6) is -0.262. The number of carbonyl (C=O) groups is 1. The summed E-state index contributed by atoms with van der Waals surface area (Å²) in [6, 6.07) is 11.5. The van der Waals surface area contributed by atoms with Crippen molar-refractivity contribution >= 4 is 38.2 Å². The molecule has 36 heavy (non-hydrogen) atoms. The van der Waals surface area contributed by atoms with Gasteiger partial charge in [-0.05, 0) is 61.9 Å². The number of benzene rings is 2. The van der Waals surface area contributed by atoms with Gasteiger partial charge in [-0.3, -0.25) is 14.5 Å². The van der Waals surface area contributed by atoms with Crippen molar-refractivity contribution < 1.29 is 27.1 Å². The lowest BCUT2D eigenvalue weighted by atomic mass is 10.0. The second-order valence-corrected chi connectivity index (χ2v) is 10.3. The average molecular weight is 509 g/mol. The van der Waals surface area contributed by atoms with Crippen molar-refractivity contribution in [3.05, 3.63) is 66.7 Å². The van der Waals surface area contributed by atoms with Crippen LogP contribution in [-0.4, -0.2) is 37.0 Å². The van der Waals surface area contributed by atoms with E-state index in [4.69, 9.17) is 9.47 Å². The maximum absolute atomic E-state index is 13.3. The minimum Gasteiger partial charge on any atom is -0.480 e. The zero-order valence-electron chi connectivity index (χ0n) is 19.5. The van der Waals surface area contributed by atoms with Crippen LogP contribution >= 0.6 is 0 Å². The summed E-state index contributed by atoms with van der Waals surface area (Å²) < 4.78 is 52.7. The normalized spacial score (nSPS) is 14.5. The number of pyridine rings is 2. The number of nitrogens with zero attached hydrogens (tertiary/aromatic N) is 2. The molecule has 11 heteroatoms. The van der Waals surface area contributed by atoms with Gasteiger partial charge in [0.1, 0.15) is 17.2 Å². The molecule has 0 saturated heterocycles. The molecule has 1 amide bonds. The standard InChI is InChI=1S/C25H21FN4O5S/c1-25(2)24(31)29-21-13-27-19-9-4-14(10-18(19)22(21)35-25)15-11-20(23(34-3)28-12-15)30-36(32,33)17-7-5-16(26)6-8-17/h4-13,30H,1-3H3,(H,29,31). The molecule has 4 aromatic rings. The number of carbonyl (C=O) groups excluding carboxylic acids is 1. The van der Waals surface area contributed by atoms with Crippen LogP contribution in [0.4, 0.5) is 15.8 Å². The quantitative estimate of drug-likeness (QED) is 0.411. The Hall–Kier alpha value is -4.25. The monoisotopic (exact) mass is 508 g/mol. The summed E-state index contributed by atoms with van der Waals surface area (Å²) in [5, 5.41) is 3.48. The molecule has 0 atom stereocenters. The van der Waals surface area contributed by atoms with Crippen LogP contribution in [0.2, 0.25) is 0 Å². The fourth-order valence-corrected chi connectivity index (χ4v) is 4.83. The van der Waals surface area contributed by atoms with Crippen LogP contribution in [0.25, 0.3) is 22.0 Å². The molecule has 3 heterocycles. The van der Waals surface area contributed by atoms with Crippen molar-refractivity contribution in [1.29, 1.82) is 0 Å². The number of fused-ring (bicyclic) bond motifs is 3. The highest BCUT2D eigenvalue weighted by Crippen LogP contribution is 2.40. The van der Waals surface area contributed by atoms with E-state index in [1.165, 1.54) is 19.2 Å². The van der Waals surface area contributed by atoms with E-state index in [9.17, 15) is 17.6 Å². The van der Waals surface area contributed by atoms with E-state index in [1.807, 2.05) is 12.1 Å². The lowest BCUT2D eigenvalue weighted by Gasteiger charge is -2.32. The van der Waals surface area contributed by atoms with Crippen LogP contribution < -0.4 is 19.5 Å². The summed E-state index contributed by atoms with van der Waals surface area (Å²) in [6.07, 6.45) is 3.09. The largest absolute Gasteiger partial charge is 0.480 e. The van der Waals surface area contributed by atoms with E-state index in [0.29, 0.717) is 33.5 Å². The zero-order valence-corrected chi connectivity index (χ0v) is 20.3. The number of hydrogen-bond donors (Lipinski definition) is 2. The highest BCUT2D eigenvalue weighted by molar-refractivity contribution is 7.92. The van der Waals surface area contributed by atoms with Gasteiger partial charge in [-0.1, -0.05) is 6.07 Å². The lowest BCUT2D eigenvalue weighted by Crippen LogP contribution is -2.45. The Morgan fingerprint density at radius 3 is 2.50 bits per heavy atom. The van der Waals surface area contributed by atoms with Crippen molar-refractivity contribution in [2.45, 2.75) is 24.3 Å². The maximum Gasteiger partial charge on any atom is 0.268 e. The molecule has 0 bridgehead atoms. The van der Waals surface area contributed by atoms with Crippen LogP contribution in [0, 0.1) is 5.82 Å². The van der Waals surface area contributed by atoms with Gasteiger partial charge in [-0.25, -0.2) is 17.8 Å². The summed E-state index contributed by atoms with van der Waals surface area (Å²) in [4.78, 5) is 20.8. The number of sulfonamides is 1. The van der Waals surface area contributed by atoms with E-state index < -0.39 is 21.4 Å². The Kier molecular flexibility index (Phi) is 5.51. The molecule has 1 aliphatic rings. The van der Waals surface area contributed by atoms with E-state index in [0.717, 1.165) is 12.1 Å². The fourth-order valence-electron chi connectivity index (χ4n) is 3.78. The summed E-state index contributed by atoms with van der Waals surface area (Å²) in [7, 11) is -2.66. The van der Waals surface area contributed by atoms with Gasteiger partial charge in [-0.2, -0.15) is 0 Å². The number of aromatic nitrogens is 2. The highest BCUT2D eigenvalue weighted by atomic mass is 32.2. The Bertz CT molecular complexity index is 1620. The average Bonchev–Trinajstić information content (AvgIpc) is 2.84. The van der Waals surface area contributed by atoms with E-state index in [-0.39, 0.29) is 22.4 Å². The molecule has 0 unspecified atom stereocenters. The Morgan fingerprint density at radius 1 is 1.03 bits per heavy atom. The number of amides is 1. The second kappa shape index (κ2) is 8.45. The molecule has 2 aromatic heterocycles. The molecular weight excluding hydrogens is 487 g/mol. The van der Waals surface area contributed by atoms with E-state index in [1.54, 1.807) is 38.4 Å². The molecule has 5 rings (SSSR count). The van der Waals surface area contributed by atoms with Crippen molar-refractivity contribution in [3.63, 3.8) is 0 Å². The molecule has 1 aliphatic heterocycles. The van der Waals surface area contributed by atoms with Crippen LogP contribution in [0.1, 0.15) is 13.8 Å². The van der Waals surface area contributed by atoms with Crippen LogP contribution in [0.3, 0.4) is 0 Å². The van der Waals surface area contributed by atoms with Crippen molar-refractivity contribution in [2.24, 2.45) is 0 Å². The number of ether oxygens (including phenoxy) is 2. The van der Waals surface area contributed by atoms with Crippen molar-refractivity contribution in [3.8, 4) is 22.8 Å². The fraction of sp³-hybridized carbons (Fsp3) is 0.160. The molecule has 0 radical (unpaired) electrons. The predicted octanol–water partition coefficient (Wildman–Crippen LogP) is 4.35. The molecule has 0 spiro atoms. The molecular formula is C25H21FN4O5S. The van der Waals surface area contributed by atoms with Crippen LogP contribution in [0.5, 0.6) is 11.6 Å². The van der Waals surface area contributed by atoms with E-state index >= 15 is 0 Å². The first kappa shape index (κ1) is 23.5. The minimum atomic E-state index is -4.03. The molecule has 0 fully saturated rings. The SMILES string of the molecule is COc1ncc(-c2ccc3ncc4c(c3c2)OC(C)(C)C(=O)N4)cc1NS(=O)(=O)c1ccc(F)cc1. The van der Waals surface area contributed by atoms with Crippen LogP contribution in [0.15, 0.2) is 65.8 Å². The number of nitrogens with one attached hydrogen (secondary N) is 2. The van der Waals surface area contributed by atoms with E-state index in [2.05, 4.69) is 20.0 Å². The third-order valence-corrected chi connectivity index (χ3v) is 7.10. The minimum absolute atomic E-state index is 0.0667. The smallest absolute Gasteiger partial charge is 0.268 e. The number of hydrogen-bond acceptors (Lipinski definition) is 7.